The minimum absolute atomic E-state index is 0.228. The van der Waals surface area contributed by atoms with Gasteiger partial charge in [0.15, 0.2) is 0 Å². The smallest absolute Gasteiger partial charge is 0.0533 e. The van der Waals surface area contributed by atoms with Crippen LogP contribution in [0.2, 0.25) is 0 Å². The van der Waals surface area contributed by atoms with E-state index < -0.39 is 24.6 Å². The molecule has 0 saturated carbocycles. The van der Waals surface area contributed by atoms with E-state index in [0.29, 0.717) is 6.42 Å². The summed E-state index contributed by atoms with van der Waals surface area (Å²) in [6.45, 7) is 27.8. The molecule has 0 fully saturated rings. The maximum absolute atomic E-state index is 10.3. The second-order valence-corrected chi connectivity index (χ2v) is 25.4. The molecule has 0 unspecified atom stereocenters. The number of benzene rings is 2. The van der Waals surface area contributed by atoms with Gasteiger partial charge >= 0.3 is 335 Å². The third-order valence-electron chi connectivity index (χ3n) is 12.4. The average molecular weight is 1140 g/mol. The Hall–Kier alpha value is -5.32. The van der Waals surface area contributed by atoms with Gasteiger partial charge in [-0.2, -0.15) is 0 Å². The van der Waals surface area contributed by atoms with Crippen LogP contribution >= 0.6 is 0 Å². The number of phenols is 2. The molecular formula is C66H86HgN2O2. The van der Waals surface area contributed by atoms with Crippen LogP contribution in [0.4, 0.5) is 0 Å². The molecule has 71 heavy (non-hydrogen) atoms. The zero-order valence-electron chi connectivity index (χ0n) is 45.3. The molecule has 374 valence electrons. The third-order valence-corrected chi connectivity index (χ3v) is 19.9. The van der Waals surface area contributed by atoms with Crippen LogP contribution < -0.4 is 0 Å². The number of unbranched alkanes of at least 4 members (excludes halogenated alkanes) is 10. The first-order valence-electron chi connectivity index (χ1n) is 27.0. The van der Waals surface area contributed by atoms with Crippen molar-refractivity contribution in [1.82, 2.24) is 0 Å². The van der Waals surface area contributed by atoms with Crippen LogP contribution in [-0.4, -0.2) is 21.6 Å². The number of phenolic OH excluding ortho intramolecular Hbond substituents is 2. The van der Waals surface area contributed by atoms with E-state index in [4.69, 9.17) is 9.98 Å². The Balaban J connectivity index is 0.000000770. The quantitative estimate of drug-likeness (QED) is 0.0701. The van der Waals surface area contributed by atoms with Crippen molar-refractivity contribution >= 4 is 22.6 Å². The van der Waals surface area contributed by atoms with Gasteiger partial charge in [0.1, 0.15) is 0 Å². The zero-order chi connectivity index (χ0) is 51.8. The van der Waals surface area contributed by atoms with Crippen molar-refractivity contribution in [1.29, 1.82) is 0 Å². The molecule has 0 aliphatic carbocycles. The summed E-state index contributed by atoms with van der Waals surface area (Å²) in [5.74, 6) is 0.465. The molecule has 2 aromatic carbocycles. The van der Waals surface area contributed by atoms with Gasteiger partial charge in [0, 0.05) is 0 Å². The Morgan fingerprint density at radius 3 is 1.75 bits per heavy atom. The summed E-state index contributed by atoms with van der Waals surface area (Å²) in [7, 11) is 0. The Kier molecular flexibility index (Phi) is 29.5. The van der Waals surface area contributed by atoms with Gasteiger partial charge < -0.3 is 0 Å². The average Bonchev–Trinajstić information content (AvgIpc) is 4.06. The van der Waals surface area contributed by atoms with Gasteiger partial charge in [-0.05, 0) is 0 Å². The molecule has 0 saturated heterocycles. The van der Waals surface area contributed by atoms with E-state index in [1.165, 1.54) is 87.9 Å². The maximum Gasteiger partial charge on any atom is -0.0533 e. The zero-order valence-corrected chi connectivity index (χ0v) is 50.8. The van der Waals surface area contributed by atoms with Gasteiger partial charge in [-0.3, -0.25) is 0 Å². The molecule has 4 bridgehead atoms. The van der Waals surface area contributed by atoms with E-state index in [1.807, 2.05) is 76.3 Å². The summed E-state index contributed by atoms with van der Waals surface area (Å²) < 4.78 is 2.71. The van der Waals surface area contributed by atoms with E-state index in [1.54, 1.807) is 30.3 Å². The first-order valence-corrected chi connectivity index (χ1v) is 32.5. The monoisotopic (exact) mass is 1140 g/mol. The van der Waals surface area contributed by atoms with E-state index in [2.05, 4.69) is 109 Å². The molecule has 4 nitrogen and oxygen atoms in total. The van der Waals surface area contributed by atoms with Crippen LogP contribution in [0, 0.1) is 0 Å². The summed E-state index contributed by atoms with van der Waals surface area (Å²) in [5.41, 5.74) is 12.8. The van der Waals surface area contributed by atoms with Gasteiger partial charge in [-0.25, -0.2) is 0 Å². The molecule has 5 rings (SSSR count). The Morgan fingerprint density at radius 1 is 0.662 bits per heavy atom. The largest absolute Gasteiger partial charge is 0.0683 e. The van der Waals surface area contributed by atoms with Crippen molar-refractivity contribution in [3.8, 4) is 11.5 Å². The van der Waals surface area contributed by atoms with Crippen LogP contribution in [0.15, 0.2) is 208 Å². The van der Waals surface area contributed by atoms with Crippen LogP contribution in [-0.2, 0) is 24.6 Å². The second-order valence-electron chi connectivity index (χ2n) is 18.1. The molecule has 2 N–H and O–H groups in total. The number of hydrogen-bond donors (Lipinski definition) is 2. The molecule has 0 atom stereocenters. The number of aromatic hydroxyl groups is 2. The van der Waals surface area contributed by atoms with Crippen LogP contribution in [0.1, 0.15) is 170 Å². The fourth-order valence-corrected chi connectivity index (χ4v) is 17.1. The van der Waals surface area contributed by atoms with Gasteiger partial charge in [-0.15, -0.1) is 0 Å². The predicted molar refractivity (Wildman–Crippen MR) is 310 cm³/mol. The Bertz CT molecular complexity index is 2470. The Morgan fingerprint density at radius 2 is 1.23 bits per heavy atom. The molecule has 2 aromatic rings. The number of hydrogen-bond acceptors (Lipinski definition) is 4. The minimum Gasteiger partial charge on any atom is -0.0683 e. The van der Waals surface area contributed by atoms with Crippen molar-refractivity contribution in [2.45, 2.75) is 159 Å². The van der Waals surface area contributed by atoms with E-state index in [0.717, 1.165) is 81.1 Å². The molecule has 0 radical (unpaired) electrons. The summed E-state index contributed by atoms with van der Waals surface area (Å²) >= 11 is -2.05. The Labute approximate surface area is 443 Å². The van der Waals surface area contributed by atoms with Crippen LogP contribution in [0.5, 0.6) is 11.5 Å². The summed E-state index contributed by atoms with van der Waals surface area (Å²) in [6, 6.07) is 15.0. The van der Waals surface area contributed by atoms with Gasteiger partial charge in [0.25, 0.3) is 0 Å². The first kappa shape index (κ1) is 60.0. The number of fused-ring (bicyclic) bond motifs is 3. The first-order chi connectivity index (χ1) is 34.6. The fourth-order valence-electron chi connectivity index (χ4n) is 8.92. The molecule has 0 amide bonds. The van der Waals surface area contributed by atoms with Gasteiger partial charge in [0.2, 0.25) is 0 Å². The van der Waals surface area contributed by atoms with Crippen molar-refractivity contribution < 1.29 is 34.8 Å². The topological polar surface area (TPSA) is 65.2 Å². The molecule has 3 aliphatic heterocycles. The van der Waals surface area contributed by atoms with E-state index >= 15 is 0 Å². The van der Waals surface area contributed by atoms with Gasteiger partial charge in [-0.1, -0.05) is 112 Å². The minimum atomic E-state index is -2.05. The summed E-state index contributed by atoms with van der Waals surface area (Å²) in [4.78, 5) is 10.8. The second kappa shape index (κ2) is 34.9. The molecule has 0 spiro atoms. The fraction of sp³-hybridized carbons (Fsp3) is 0.364. The molecule has 5 heteroatoms. The van der Waals surface area contributed by atoms with E-state index in [-0.39, 0.29) is 11.5 Å². The third kappa shape index (κ3) is 20.0. The molecule has 3 heterocycles. The normalized spacial score (nSPS) is 16.4. The predicted octanol–water partition coefficient (Wildman–Crippen LogP) is 19.7. The number of aliphatic imine (C=N–C) groups is 2. The van der Waals surface area contributed by atoms with Crippen molar-refractivity contribution in [2.24, 2.45) is 9.98 Å². The van der Waals surface area contributed by atoms with E-state index in [9.17, 15) is 10.2 Å². The number of rotatable bonds is 22. The molecule has 3 aliphatic rings. The number of nitrogens with zero attached hydrogens (tertiary/aromatic N) is 2. The van der Waals surface area contributed by atoms with Crippen LogP contribution in [0.3, 0.4) is 0 Å². The molecule has 0 aromatic heterocycles. The van der Waals surface area contributed by atoms with Gasteiger partial charge in [0.05, 0.1) is 0 Å². The van der Waals surface area contributed by atoms with Crippen molar-refractivity contribution in [2.75, 3.05) is 0 Å². The van der Waals surface area contributed by atoms with Crippen molar-refractivity contribution in [3.05, 3.63) is 209 Å². The van der Waals surface area contributed by atoms with Crippen LogP contribution in [0.25, 0.3) is 11.1 Å². The standard InChI is InChI=1S/C51H52N2O2.C13H28.C2H6.Hg/c1-8-16-39(17-9-2)21-15-24-48-49-36-35-47(52-49)46(41-29-33-44(55)34-30-41)23-14-13-22-45(40-27-31-43(54)32-28-40)37(6)25-26-38(7)51(50(53-48)20-12-5)42(18-10-3)19-11-4;1-3-5-7-9-11-13-12-10-8-6-4-2;1-2;/h10-16,18-21,25-36,54-55H,3,7-9,17,24H2,1-2,4-6H3;3-13H2,1-2H3;1-2H3;/b19-11-,20-12-,21-15-,22-13?,23-14?,26-25?,39-16-,42-18+,45-37?,47-46?,51-50+,53-48?;;;. The summed E-state index contributed by atoms with van der Waals surface area (Å²) in [6.07, 6.45) is 51.4. The summed E-state index contributed by atoms with van der Waals surface area (Å²) in [5, 5.41) is 20.5. The van der Waals surface area contributed by atoms with Crippen molar-refractivity contribution in [3.63, 3.8) is 0 Å². The number of allylic oxidation sites excluding steroid dienone is 24. The molecular weight excluding hydrogens is 1050 g/mol. The maximum atomic E-state index is 10.3. The SMILES string of the molecule is C=C/C=C(\C=C/C)C1=C(\C=C/C)N=C(C/C=C\C(=C/CC)CCC)C2=NC(=C(c3ccc(O)cc3)[C]3=CC=[C]([Hg]3)C(c3ccc(O)cc3)=C(C)C=CC\1=C)C=C2.CC.CCCCCCCCCCCCC.